The van der Waals surface area contributed by atoms with Crippen molar-refractivity contribution < 1.29 is 9.59 Å². The van der Waals surface area contributed by atoms with Gasteiger partial charge in [0.25, 0.3) is 11.8 Å². The van der Waals surface area contributed by atoms with E-state index in [2.05, 4.69) is 9.88 Å². The van der Waals surface area contributed by atoms with Crippen molar-refractivity contribution in [2.24, 2.45) is 0 Å². The van der Waals surface area contributed by atoms with Crippen molar-refractivity contribution in [3.05, 3.63) is 69.2 Å². The summed E-state index contributed by atoms with van der Waals surface area (Å²) in [6.07, 6.45) is 5.63. The molecule has 36 heavy (non-hydrogen) atoms. The van der Waals surface area contributed by atoms with Gasteiger partial charge in [-0.1, -0.05) is 23.2 Å². The molecule has 3 aliphatic rings. The number of fused-ring (bicyclic) bond motifs is 1. The summed E-state index contributed by atoms with van der Waals surface area (Å²) in [4.78, 5) is 35.3. The monoisotopic (exact) mass is 526 g/mol. The van der Waals surface area contributed by atoms with E-state index in [-0.39, 0.29) is 11.8 Å². The number of amides is 2. The van der Waals surface area contributed by atoms with Crippen LogP contribution in [0.3, 0.4) is 0 Å². The summed E-state index contributed by atoms with van der Waals surface area (Å²) in [6, 6.07) is 9.34. The van der Waals surface area contributed by atoms with Gasteiger partial charge in [0.05, 0.1) is 10.7 Å². The molecule has 0 bridgehead atoms. The third-order valence-electron chi connectivity index (χ3n) is 7.62. The molecule has 2 fully saturated rings. The molecular formula is C26H28Cl2N6O2. The van der Waals surface area contributed by atoms with E-state index in [1.54, 1.807) is 18.3 Å². The van der Waals surface area contributed by atoms with E-state index in [1.807, 2.05) is 32.7 Å². The van der Waals surface area contributed by atoms with Crippen LogP contribution in [0, 0.1) is 0 Å². The first-order chi connectivity index (χ1) is 17.5. The van der Waals surface area contributed by atoms with Crippen LogP contribution < -0.4 is 0 Å². The number of aromatic amines is 1. The first kappa shape index (κ1) is 23.6. The zero-order chi connectivity index (χ0) is 24.8. The highest BCUT2D eigenvalue weighted by Crippen LogP contribution is 2.32. The lowest BCUT2D eigenvalue weighted by molar-refractivity contribution is 0.00805. The number of carbonyl (C=O) groups excluding carboxylic acids is 2. The molecule has 0 atom stereocenters. The zero-order valence-corrected chi connectivity index (χ0v) is 21.4. The van der Waals surface area contributed by atoms with E-state index in [0.717, 1.165) is 55.7 Å². The molecule has 0 unspecified atom stereocenters. The number of carbonyl (C=O) groups is 2. The van der Waals surface area contributed by atoms with Crippen LogP contribution >= 0.6 is 23.2 Å². The normalized spacial score (nSPS) is 18.7. The Kier molecular flexibility index (Phi) is 6.27. The van der Waals surface area contributed by atoms with Crippen LogP contribution in [0.5, 0.6) is 0 Å². The van der Waals surface area contributed by atoms with Gasteiger partial charge in [-0.3, -0.25) is 14.5 Å². The van der Waals surface area contributed by atoms with Crippen molar-refractivity contribution in [2.75, 3.05) is 39.3 Å². The summed E-state index contributed by atoms with van der Waals surface area (Å²) in [5.41, 5.74) is 4.07. The summed E-state index contributed by atoms with van der Waals surface area (Å²) in [5, 5.41) is 5.88. The summed E-state index contributed by atoms with van der Waals surface area (Å²) < 4.78 is 1.85. The van der Waals surface area contributed by atoms with Gasteiger partial charge in [0.2, 0.25) is 0 Å². The summed E-state index contributed by atoms with van der Waals surface area (Å²) in [7, 11) is 0. The molecule has 0 saturated carbocycles. The number of aromatic nitrogens is 3. The highest BCUT2D eigenvalue weighted by molar-refractivity contribution is 6.35. The van der Waals surface area contributed by atoms with Crippen LogP contribution in [0.15, 0.2) is 36.5 Å². The number of hydrogen-bond donors (Lipinski definition) is 1. The molecule has 2 aliphatic heterocycles. The van der Waals surface area contributed by atoms with Gasteiger partial charge in [0.1, 0.15) is 5.69 Å². The molecule has 0 spiro atoms. The summed E-state index contributed by atoms with van der Waals surface area (Å²) in [6.45, 7) is 4.40. The van der Waals surface area contributed by atoms with E-state index >= 15 is 0 Å². The van der Waals surface area contributed by atoms with Gasteiger partial charge in [0.15, 0.2) is 5.69 Å². The number of H-pyrrole nitrogens is 1. The molecular weight excluding hydrogens is 499 g/mol. The third kappa shape index (κ3) is 4.21. The summed E-state index contributed by atoms with van der Waals surface area (Å²) in [5.74, 6) is 0.0417. The second-order valence-electron chi connectivity index (χ2n) is 9.76. The summed E-state index contributed by atoms with van der Waals surface area (Å²) >= 11 is 12.6. The maximum Gasteiger partial charge on any atom is 0.274 e. The smallest absolute Gasteiger partial charge is 0.274 e. The van der Waals surface area contributed by atoms with Crippen LogP contribution in [0.4, 0.5) is 0 Å². The fourth-order valence-corrected chi connectivity index (χ4v) is 6.04. The number of halogens is 2. The largest absolute Gasteiger partial charge is 0.357 e. The van der Waals surface area contributed by atoms with E-state index in [0.29, 0.717) is 53.7 Å². The second-order valence-corrected chi connectivity index (χ2v) is 10.6. The maximum absolute atomic E-state index is 13.5. The third-order valence-corrected chi connectivity index (χ3v) is 8.15. The maximum atomic E-state index is 13.5. The van der Waals surface area contributed by atoms with E-state index in [9.17, 15) is 9.59 Å². The number of likely N-dealkylation sites (tertiary alicyclic amines) is 1. The lowest BCUT2D eigenvalue weighted by Gasteiger charge is -2.48. The van der Waals surface area contributed by atoms with Crippen LogP contribution in [0.25, 0.3) is 5.69 Å². The highest BCUT2D eigenvalue weighted by atomic mass is 35.5. The molecule has 3 aromatic rings. The van der Waals surface area contributed by atoms with Crippen LogP contribution in [-0.2, 0) is 12.8 Å². The first-order valence-corrected chi connectivity index (χ1v) is 13.3. The SMILES string of the molecule is O=C(c1ccc[nH]1)N1CCN(C2CN(C(=O)c3nn(-c4ccc(Cl)cc4Cl)c4c3CCCC4)C2)CC1. The van der Waals surface area contributed by atoms with Gasteiger partial charge in [-0.15, -0.1) is 0 Å². The predicted molar refractivity (Wildman–Crippen MR) is 138 cm³/mol. The van der Waals surface area contributed by atoms with E-state index < -0.39 is 0 Å². The number of nitrogens with one attached hydrogen (secondary N) is 1. The molecule has 2 amide bonds. The number of rotatable bonds is 4. The molecule has 188 valence electrons. The van der Waals surface area contributed by atoms with Crippen molar-refractivity contribution in [1.82, 2.24) is 29.5 Å². The average molecular weight is 527 g/mol. The van der Waals surface area contributed by atoms with Crippen molar-refractivity contribution in [1.29, 1.82) is 0 Å². The Morgan fingerprint density at radius 3 is 2.44 bits per heavy atom. The number of hydrogen-bond acceptors (Lipinski definition) is 4. The predicted octanol–water partition coefficient (Wildman–Crippen LogP) is 3.67. The van der Waals surface area contributed by atoms with E-state index in [4.69, 9.17) is 28.3 Å². The number of nitrogens with zero attached hydrogens (tertiary/aromatic N) is 5. The minimum absolute atomic E-state index is 0.00575. The second kappa shape index (κ2) is 9.57. The van der Waals surface area contributed by atoms with Gasteiger partial charge in [-0.05, 0) is 56.0 Å². The van der Waals surface area contributed by atoms with Crippen molar-refractivity contribution in [3.63, 3.8) is 0 Å². The van der Waals surface area contributed by atoms with Gasteiger partial charge >= 0.3 is 0 Å². The standard InChI is InChI=1S/C26H28Cl2N6O2/c27-17-7-8-23(20(28)14-17)34-22-6-2-1-4-19(22)24(30-34)26(36)33-15-18(16-33)31-10-12-32(13-11-31)25(35)21-5-3-9-29-21/h3,5,7-9,14,18,29H,1-2,4,6,10-13,15-16H2. The van der Waals surface area contributed by atoms with Gasteiger partial charge in [-0.25, -0.2) is 4.68 Å². The first-order valence-electron chi connectivity index (χ1n) is 12.5. The fraction of sp³-hybridized carbons (Fsp3) is 0.423. The number of benzene rings is 1. The van der Waals surface area contributed by atoms with Crippen LogP contribution in [0.1, 0.15) is 45.1 Å². The minimum atomic E-state index is -0.00575. The highest BCUT2D eigenvalue weighted by Gasteiger charge is 2.39. The Morgan fingerprint density at radius 1 is 0.944 bits per heavy atom. The lowest BCUT2D eigenvalue weighted by Crippen LogP contribution is -2.64. The Hall–Kier alpha value is -2.81. The van der Waals surface area contributed by atoms with Crippen molar-refractivity contribution in [3.8, 4) is 5.69 Å². The molecule has 8 nitrogen and oxygen atoms in total. The Morgan fingerprint density at radius 2 is 1.72 bits per heavy atom. The van der Waals surface area contributed by atoms with Crippen molar-refractivity contribution >= 4 is 35.0 Å². The van der Waals surface area contributed by atoms with E-state index in [1.165, 1.54) is 0 Å². The topological polar surface area (TPSA) is 77.5 Å². The molecule has 1 aromatic carbocycles. The molecule has 2 saturated heterocycles. The molecule has 4 heterocycles. The van der Waals surface area contributed by atoms with Gasteiger partial charge < -0.3 is 14.8 Å². The van der Waals surface area contributed by atoms with Crippen LogP contribution in [-0.4, -0.2) is 86.6 Å². The van der Waals surface area contributed by atoms with Crippen molar-refractivity contribution in [2.45, 2.75) is 31.7 Å². The Labute approximate surface area is 219 Å². The van der Waals surface area contributed by atoms with Gasteiger partial charge in [0, 0.05) is 67.8 Å². The number of piperazine rings is 1. The minimum Gasteiger partial charge on any atom is -0.357 e. The van der Waals surface area contributed by atoms with Gasteiger partial charge in [-0.2, -0.15) is 5.10 Å². The zero-order valence-electron chi connectivity index (χ0n) is 19.9. The molecule has 6 rings (SSSR count). The molecule has 2 aromatic heterocycles. The molecule has 0 radical (unpaired) electrons. The Bertz CT molecular complexity index is 1290. The Balaban J connectivity index is 1.12. The average Bonchev–Trinajstić information content (AvgIpc) is 3.52. The molecule has 1 aliphatic carbocycles. The lowest BCUT2D eigenvalue weighted by atomic mass is 9.94. The fourth-order valence-electron chi connectivity index (χ4n) is 5.55. The van der Waals surface area contributed by atoms with Crippen LogP contribution in [0.2, 0.25) is 10.0 Å². The molecule has 1 N–H and O–H groups in total. The quantitative estimate of drug-likeness (QED) is 0.562. The molecule has 10 heteroatoms.